The van der Waals surface area contributed by atoms with Crippen molar-refractivity contribution in [1.29, 1.82) is 0 Å². The van der Waals surface area contributed by atoms with Crippen LogP contribution in [0.25, 0.3) is 0 Å². The molecule has 0 aliphatic heterocycles. The highest BCUT2D eigenvalue weighted by Crippen LogP contribution is 2.01. The highest BCUT2D eigenvalue weighted by molar-refractivity contribution is 5.24. The van der Waals surface area contributed by atoms with E-state index in [0.29, 0.717) is 5.95 Å². The van der Waals surface area contributed by atoms with Crippen LogP contribution in [0, 0.1) is 13.8 Å². The van der Waals surface area contributed by atoms with E-state index in [2.05, 4.69) is 26.6 Å². The largest absolute Gasteiger partial charge is 0.353 e. The average molecular weight is 192 g/mol. The van der Waals surface area contributed by atoms with Gasteiger partial charge in [0.15, 0.2) is 0 Å². The molecule has 1 aromatic heterocycles. The number of hydrogen-bond donors (Lipinski definition) is 1. The average Bonchev–Trinajstić information content (AvgIpc) is 2.18. The van der Waals surface area contributed by atoms with Gasteiger partial charge in [-0.25, -0.2) is 4.98 Å². The molecule has 0 radical (unpaired) electrons. The smallest absolute Gasteiger partial charge is 0.242 e. The Labute approximate surface area is 84.5 Å². The molecule has 14 heavy (non-hydrogen) atoms. The predicted molar refractivity (Wildman–Crippen MR) is 57.2 cm³/mol. The summed E-state index contributed by atoms with van der Waals surface area (Å²) in [5, 5.41) is 11.0. The molecule has 0 aliphatic rings. The van der Waals surface area contributed by atoms with Crippen LogP contribution in [0.4, 0.5) is 5.95 Å². The van der Waals surface area contributed by atoms with Gasteiger partial charge in [-0.3, -0.25) is 0 Å². The van der Waals surface area contributed by atoms with E-state index in [-0.39, 0.29) is 0 Å². The summed E-state index contributed by atoms with van der Waals surface area (Å²) in [4.78, 5) is 4.26. The molecule has 0 bridgehead atoms. The van der Waals surface area contributed by atoms with Gasteiger partial charge in [0, 0.05) is 6.54 Å². The number of nitrogens with one attached hydrogen (secondary N) is 1. The van der Waals surface area contributed by atoms with Crippen molar-refractivity contribution < 1.29 is 0 Å². The van der Waals surface area contributed by atoms with Gasteiger partial charge in [0.2, 0.25) is 5.95 Å². The number of anilines is 1. The van der Waals surface area contributed by atoms with Crippen molar-refractivity contribution in [2.75, 3.05) is 11.9 Å². The lowest BCUT2D eigenvalue weighted by atomic mass is 10.4. The molecule has 0 aliphatic carbocycles. The van der Waals surface area contributed by atoms with Gasteiger partial charge >= 0.3 is 0 Å². The second-order valence-corrected chi connectivity index (χ2v) is 3.09. The lowest BCUT2D eigenvalue weighted by Gasteiger charge is -2.03. The number of aromatic nitrogens is 3. The molecular weight excluding hydrogens is 176 g/mol. The zero-order valence-electron chi connectivity index (χ0n) is 8.91. The molecule has 0 aromatic carbocycles. The Morgan fingerprint density at radius 3 is 2.64 bits per heavy atom. The maximum atomic E-state index is 4.26. The van der Waals surface area contributed by atoms with Crippen molar-refractivity contribution in [3.63, 3.8) is 0 Å². The topological polar surface area (TPSA) is 50.7 Å². The third-order valence-corrected chi connectivity index (χ3v) is 1.92. The Hall–Kier alpha value is -1.45. The summed E-state index contributed by atoms with van der Waals surface area (Å²) in [6.07, 6.45) is 5.11. The van der Waals surface area contributed by atoms with Crippen LogP contribution in [-0.2, 0) is 0 Å². The van der Waals surface area contributed by atoms with Crippen LogP contribution in [0.5, 0.6) is 0 Å². The molecule has 76 valence electrons. The van der Waals surface area contributed by atoms with Gasteiger partial charge in [-0.1, -0.05) is 12.2 Å². The van der Waals surface area contributed by atoms with Gasteiger partial charge in [0.25, 0.3) is 0 Å². The van der Waals surface area contributed by atoms with Gasteiger partial charge in [0.05, 0.1) is 11.4 Å². The van der Waals surface area contributed by atoms with E-state index >= 15 is 0 Å². The van der Waals surface area contributed by atoms with Crippen molar-refractivity contribution in [3.05, 3.63) is 23.5 Å². The van der Waals surface area contributed by atoms with Crippen LogP contribution in [0.3, 0.4) is 0 Å². The van der Waals surface area contributed by atoms with Crippen LogP contribution in [-0.4, -0.2) is 21.7 Å². The molecule has 0 fully saturated rings. The van der Waals surface area contributed by atoms with Crippen molar-refractivity contribution >= 4 is 5.95 Å². The van der Waals surface area contributed by atoms with Crippen molar-refractivity contribution in [2.45, 2.75) is 27.2 Å². The Morgan fingerprint density at radius 2 is 2.00 bits per heavy atom. The summed E-state index contributed by atoms with van der Waals surface area (Å²) in [5.74, 6) is 0.609. The lowest BCUT2D eigenvalue weighted by Crippen LogP contribution is -2.07. The molecule has 0 saturated carbocycles. The quantitative estimate of drug-likeness (QED) is 0.584. The number of hydrogen-bond acceptors (Lipinski definition) is 4. The standard InChI is InChI=1S/C10H16N4/c1-4-5-6-7-11-10-12-8(2)9(3)13-14-10/h4-5H,6-7H2,1-3H3,(H,11,12,14)/b5-4+. The minimum atomic E-state index is 0.609. The van der Waals surface area contributed by atoms with Gasteiger partial charge in [-0.15, -0.1) is 5.10 Å². The molecule has 0 atom stereocenters. The van der Waals surface area contributed by atoms with E-state index in [1.54, 1.807) is 0 Å². The van der Waals surface area contributed by atoms with Gasteiger partial charge in [-0.2, -0.15) is 5.10 Å². The maximum Gasteiger partial charge on any atom is 0.242 e. The molecular formula is C10H16N4. The third-order valence-electron chi connectivity index (χ3n) is 1.92. The third kappa shape index (κ3) is 3.12. The van der Waals surface area contributed by atoms with Crippen LogP contribution < -0.4 is 5.32 Å². The van der Waals surface area contributed by atoms with E-state index in [1.165, 1.54) is 0 Å². The molecule has 4 nitrogen and oxygen atoms in total. The van der Waals surface area contributed by atoms with E-state index in [0.717, 1.165) is 24.4 Å². The molecule has 0 amide bonds. The second-order valence-electron chi connectivity index (χ2n) is 3.09. The van der Waals surface area contributed by atoms with E-state index in [1.807, 2.05) is 26.8 Å². The summed E-state index contributed by atoms with van der Waals surface area (Å²) in [6.45, 7) is 6.68. The van der Waals surface area contributed by atoms with Crippen LogP contribution >= 0.6 is 0 Å². The normalized spacial score (nSPS) is 10.8. The number of rotatable bonds is 4. The zero-order chi connectivity index (χ0) is 10.4. The summed E-state index contributed by atoms with van der Waals surface area (Å²) < 4.78 is 0. The SMILES string of the molecule is C/C=C/CCNc1nnc(C)c(C)n1. The van der Waals surface area contributed by atoms with Crippen LogP contribution in [0.2, 0.25) is 0 Å². The molecule has 1 aromatic rings. The summed E-state index contributed by atoms with van der Waals surface area (Å²) >= 11 is 0. The summed E-state index contributed by atoms with van der Waals surface area (Å²) in [7, 11) is 0. The highest BCUT2D eigenvalue weighted by atomic mass is 15.2. The lowest BCUT2D eigenvalue weighted by molar-refractivity contribution is 0.882. The fraction of sp³-hybridized carbons (Fsp3) is 0.500. The molecule has 0 unspecified atom stereocenters. The van der Waals surface area contributed by atoms with Crippen molar-refractivity contribution in [3.8, 4) is 0 Å². The second kappa shape index (κ2) is 5.32. The van der Waals surface area contributed by atoms with E-state index in [9.17, 15) is 0 Å². The highest BCUT2D eigenvalue weighted by Gasteiger charge is 1.99. The molecule has 0 spiro atoms. The van der Waals surface area contributed by atoms with Gasteiger partial charge in [-0.05, 0) is 27.2 Å². The Morgan fingerprint density at radius 1 is 1.21 bits per heavy atom. The van der Waals surface area contributed by atoms with Crippen molar-refractivity contribution in [1.82, 2.24) is 15.2 Å². The first-order valence-electron chi connectivity index (χ1n) is 4.77. The fourth-order valence-electron chi connectivity index (χ4n) is 0.966. The molecule has 4 heteroatoms. The van der Waals surface area contributed by atoms with E-state index in [4.69, 9.17) is 0 Å². The maximum absolute atomic E-state index is 4.26. The zero-order valence-corrected chi connectivity index (χ0v) is 8.91. The Balaban J connectivity index is 2.47. The van der Waals surface area contributed by atoms with Crippen molar-refractivity contribution in [2.24, 2.45) is 0 Å². The molecule has 1 heterocycles. The molecule has 1 rings (SSSR count). The summed E-state index contributed by atoms with van der Waals surface area (Å²) in [5.41, 5.74) is 1.80. The Kier molecular flexibility index (Phi) is 4.04. The van der Waals surface area contributed by atoms with E-state index < -0.39 is 0 Å². The number of allylic oxidation sites excluding steroid dienone is 1. The predicted octanol–water partition coefficient (Wildman–Crippen LogP) is 1.87. The summed E-state index contributed by atoms with van der Waals surface area (Å²) in [6, 6.07) is 0. The van der Waals surface area contributed by atoms with Gasteiger partial charge in [0.1, 0.15) is 0 Å². The molecule has 1 N–H and O–H groups in total. The van der Waals surface area contributed by atoms with Crippen LogP contribution in [0.15, 0.2) is 12.2 Å². The minimum absolute atomic E-state index is 0.609. The van der Waals surface area contributed by atoms with Gasteiger partial charge < -0.3 is 5.32 Å². The monoisotopic (exact) mass is 192 g/mol. The minimum Gasteiger partial charge on any atom is -0.353 e. The fourth-order valence-corrected chi connectivity index (χ4v) is 0.966. The molecule has 0 saturated heterocycles. The first-order chi connectivity index (χ1) is 6.74. The number of aryl methyl sites for hydroxylation is 2. The first kappa shape index (κ1) is 10.6. The number of nitrogens with zero attached hydrogens (tertiary/aromatic N) is 3. The first-order valence-corrected chi connectivity index (χ1v) is 4.77. The Bertz CT molecular complexity index is 320. The van der Waals surface area contributed by atoms with Crippen LogP contribution in [0.1, 0.15) is 24.7 Å².